The van der Waals surface area contributed by atoms with E-state index >= 15 is 0 Å². The fraction of sp³-hybridized carbons (Fsp3) is 0.143. The Morgan fingerprint density at radius 2 is 1.97 bits per heavy atom. The van der Waals surface area contributed by atoms with Crippen molar-refractivity contribution in [3.05, 3.63) is 76.2 Å². The highest BCUT2D eigenvalue weighted by Crippen LogP contribution is 2.38. The molecule has 2 aromatic heterocycles. The van der Waals surface area contributed by atoms with Gasteiger partial charge in [-0.2, -0.15) is 4.40 Å². The quantitative estimate of drug-likeness (QED) is 0.403. The molecule has 1 aliphatic heterocycles. The number of aromatic nitrogens is 3. The number of hydrogen-bond donors (Lipinski definition) is 3. The van der Waals surface area contributed by atoms with E-state index < -0.39 is 0 Å². The molecule has 0 atom stereocenters. The molecular weight excluding hydrogens is 434 g/mol. The van der Waals surface area contributed by atoms with E-state index in [2.05, 4.69) is 43.3 Å². The number of imidazole rings is 1. The van der Waals surface area contributed by atoms with E-state index in [-0.39, 0.29) is 6.79 Å². The van der Waals surface area contributed by atoms with Gasteiger partial charge in [0.2, 0.25) is 6.79 Å². The van der Waals surface area contributed by atoms with Crippen LogP contribution in [0.5, 0.6) is 11.5 Å². The normalized spacial score (nSPS) is 12.4. The Bertz CT molecular complexity index is 1190. The van der Waals surface area contributed by atoms with Gasteiger partial charge in [-0.25, -0.2) is 4.98 Å². The van der Waals surface area contributed by atoms with Gasteiger partial charge < -0.3 is 15.2 Å². The first-order chi connectivity index (χ1) is 14.2. The highest BCUT2D eigenvalue weighted by molar-refractivity contribution is 9.10. The van der Waals surface area contributed by atoms with Gasteiger partial charge in [-0.1, -0.05) is 46.3 Å². The molecule has 0 spiro atoms. The zero-order valence-corrected chi connectivity index (χ0v) is 17.1. The fourth-order valence-corrected chi connectivity index (χ4v) is 3.95. The van der Waals surface area contributed by atoms with Crippen LogP contribution in [0.1, 0.15) is 16.8 Å². The van der Waals surface area contributed by atoms with E-state index in [0.29, 0.717) is 18.8 Å². The van der Waals surface area contributed by atoms with Crippen molar-refractivity contribution in [2.24, 2.45) is 0 Å². The van der Waals surface area contributed by atoms with Crippen LogP contribution >= 0.6 is 15.9 Å². The number of fused-ring (bicyclic) bond motifs is 2. The lowest BCUT2D eigenvalue weighted by atomic mass is 10.1. The van der Waals surface area contributed by atoms with Gasteiger partial charge in [-0.15, -0.1) is 0 Å². The number of nitrogens with one attached hydrogen (secondary N) is 2. The van der Waals surface area contributed by atoms with Crippen molar-refractivity contribution in [1.29, 1.82) is 0 Å². The summed E-state index contributed by atoms with van der Waals surface area (Å²) < 4.78 is 14.0. The van der Waals surface area contributed by atoms with E-state index in [9.17, 15) is 0 Å². The van der Waals surface area contributed by atoms with Gasteiger partial charge >= 0.3 is 0 Å². The lowest BCUT2D eigenvalue weighted by Gasteiger charge is -2.06. The Morgan fingerprint density at radius 1 is 1.17 bits per heavy atom. The molecule has 0 bridgehead atoms. The summed E-state index contributed by atoms with van der Waals surface area (Å²) in [7, 11) is 0. The van der Waals surface area contributed by atoms with E-state index in [1.165, 1.54) is 5.56 Å². The lowest BCUT2D eigenvalue weighted by Crippen LogP contribution is -2.25. The molecule has 2 aromatic carbocycles. The van der Waals surface area contributed by atoms with Gasteiger partial charge in [-0.3, -0.25) is 10.3 Å². The predicted octanol–water partition coefficient (Wildman–Crippen LogP) is 3.42. The van der Waals surface area contributed by atoms with Crippen LogP contribution in [0.3, 0.4) is 0 Å². The number of nitrogens with zero attached hydrogens (tertiary/aromatic N) is 2. The molecule has 4 aromatic rings. The summed E-state index contributed by atoms with van der Waals surface area (Å²) in [6.07, 6.45) is 4.24. The van der Waals surface area contributed by atoms with Gasteiger partial charge in [0.15, 0.2) is 23.0 Å². The number of H-pyrrole nitrogens is 1. The first-order valence-corrected chi connectivity index (χ1v) is 10.0. The second-order valence-electron chi connectivity index (χ2n) is 6.80. The second-order valence-corrected chi connectivity index (χ2v) is 7.65. The molecule has 8 heteroatoms. The second kappa shape index (κ2) is 7.29. The van der Waals surface area contributed by atoms with Crippen LogP contribution < -0.4 is 24.9 Å². The van der Waals surface area contributed by atoms with E-state index in [4.69, 9.17) is 15.2 Å². The van der Waals surface area contributed by atoms with Crippen molar-refractivity contribution in [1.82, 2.24) is 9.97 Å². The third kappa shape index (κ3) is 3.36. The van der Waals surface area contributed by atoms with Crippen LogP contribution in [0.4, 0.5) is 11.6 Å². The first-order valence-electron chi connectivity index (χ1n) is 9.21. The number of halogens is 1. The molecule has 0 aliphatic carbocycles. The topological polar surface area (TPSA) is 89.3 Å². The monoisotopic (exact) mass is 452 g/mol. The van der Waals surface area contributed by atoms with Gasteiger partial charge in [0.05, 0.1) is 18.9 Å². The zero-order chi connectivity index (χ0) is 19.8. The summed E-state index contributed by atoms with van der Waals surface area (Å²) in [4.78, 5) is 7.64. The fourth-order valence-electron chi connectivity index (χ4n) is 3.48. The van der Waals surface area contributed by atoms with Crippen molar-refractivity contribution < 1.29 is 13.9 Å². The number of nitrogen functional groups attached to an aromatic ring is 1. The van der Waals surface area contributed by atoms with E-state index in [1.807, 2.05) is 40.9 Å². The molecule has 1 aliphatic rings. The largest absolute Gasteiger partial charge is 0.454 e. The first kappa shape index (κ1) is 17.8. The molecule has 0 saturated heterocycles. The van der Waals surface area contributed by atoms with Crippen molar-refractivity contribution in [2.75, 3.05) is 17.8 Å². The maximum absolute atomic E-state index is 6.11. The number of aromatic amines is 1. The van der Waals surface area contributed by atoms with E-state index in [0.717, 1.165) is 38.7 Å². The number of rotatable bonds is 5. The molecule has 0 saturated carbocycles. The molecule has 0 amide bonds. The molecule has 0 fully saturated rings. The van der Waals surface area contributed by atoms with Crippen molar-refractivity contribution in [3.8, 4) is 11.5 Å². The standard InChI is InChI=1S/C21H18BrN5O2/c22-15-10-18-17(28-12-29-18)9-14(15)8-16-20(25-11-13-4-2-1-3-5-13)27-7-6-24-19(23)21(27)26-16/h1-7,9-10H,8,11-12H2,(H3,23,24,25)/p+1. The maximum Gasteiger partial charge on any atom is 0.274 e. The van der Waals surface area contributed by atoms with Crippen LogP contribution in [-0.4, -0.2) is 16.8 Å². The summed E-state index contributed by atoms with van der Waals surface area (Å²) in [5, 5.41) is 3.55. The highest BCUT2D eigenvalue weighted by atomic mass is 79.9. The van der Waals surface area contributed by atoms with E-state index in [1.54, 1.807) is 6.20 Å². The Balaban J connectivity index is 1.53. The molecule has 0 radical (unpaired) electrons. The Morgan fingerprint density at radius 3 is 2.79 bits per heavy atom. The van der Waals surface area contributed by atoms with Gasteiger partial charge in [0.1, 0.15) is 0 Å². The van der Waals surface area contributed by atoms with Gasteiger partial charge in [0.25, 0.3) is 11.5 Å². The van der Waals surface area contributed by atoms with Crippen LogP contribution in [0.15, 0.2) is 59.3 Å². The smallest absolute Gasteiger partial charge is 0.274 e. The maximum atomic E-state index is 6.11. The Kier molecular flexibility index (Phi) is 4.48. The van der Waals surface area contributed by atoms with Crippen LogP contribution in [-0.2, 0) is 13.0 Å². The minimum atomic E-state index is 0.250. The SMILES string of the molecule is Nc1ncc[n+]2c(NCc3ccccc3)c(Cc3cc4c(cc3Br)OCO4)[nH]c12. The van der Waals surface area contributed by atoms with Crippen LogP contribution in [0.2, 0.25) is 0 Å². The third-order valence-corrected chi connectivity index (χ3v) is 5.66. The highest BCUT2D eigenvalue weighted by Gasteiger charge is 2.23. The molecule has 7 nitrogen and oxygen atoms in total. The van der Waals surface area contributed by atoms with Crippen LogP contribution in [0.25, 0.3) is 5.65 Å². The summed E-state index contributed by atoms with van der Waals surface area (Å²) in [6.45, 7) is 0.942. The number of anilines is 2. The average Bonchev–Trinajstić information content (AvgIpc) is 3.32. The molecule has 4 N–H and O–H groups in total. The van der Waals surface area contributed by atoms with Gasteiger partial charge in [0, 0.05) is 10.9 Å². The molecule has 146 valence electrons. The van der Waals surface area contributed by atoms with Crippen LogP contribution in [0, 0.1) is 0 Å². The molecule has 3 heterocycles. The minimum Gasteiger partial charge on any atom is -0.454 e. The van der Waals surface area contributed by atoms with Crippen molar-refractivity contribution in [2.45, 2.75) is 13.0 Å². The molecule has 0 unspecified atom stereocenters. The Labute approximate surface area is 175 Å². The molecular formula is C21H19BrN5O2+. The van der Waals surface area contributed by atoms with Gasteiger partial charge in [-0.05, 0) is 23.3 Å². The summed E-state index contributed by atoms with van der Waals surface area (Å²) in [5.41, 5.74) is 10.1. The summed E-state index contributed by atoms with van der Waals surface area (Å²) in [6, 6.07) is 14.2. The number of ether oxygens (including phenoxy) is 2. The molecule has 29 heavy (non-hydrogen) atoms. The summed E-state index contributed by atoms with van der Waals surface area (Å²) >= 11 is 3.65. The van der Waals surface area contributed by atoms with Crippen molar-refractivity contribution >= 4 is 33.2 Å². The van der Waals surface area contributed by atoms with Crippen molar-refractivity contribution in [3.63, 3.8) is 0 Å². The number of benzene rings is 2. The lowest BCUT2D eigenvalue weighted by molar-refractivity contribution is -0.494. The third-order valence-electron chi connectivity index (χ3n) is 4.92. The average molecular weight is 453 g/mol. The Hall–Kier alpha value is -3.26. The predicted molar refractivity (Wildman–Crippen MR) is 113 cm³/mol. The number of nitrogens with two attached hydrogens (primary N) is 1. The minimum absolute atomic E-state index is 0.250. The summed E-state index contributed by atoms with van der Waals surface area (Å²) in [5.74, 6) is 2.91. The zero-order valence-electron chi connectivity index (χ0n) is 15.5. The number of hydrogen-bond acceptors (Lipinski definition) is 5. The molecule has 5 rings (SSSR count).